The third kappa shape index (κ3) is 5.86. The number of rotatable bonds is 7. The number of carbonyl (C=O) groups is 2. The lowest BCUT2D eigenvalue weighted by Crippen LogP contribution is -2.29. The third-order valence-corrected chi connectivity index (χ3v) is 6.21. The Kier molecular flexibility index (Phi) is 7.53. The van der Waals surface area contributed by atoms with Crippen LogP contribution in [0.25, 0.3) is 0 Å². The second-order valence-corrected chi connectivity index (χ2v) is 8.84. The molecule has 0 radical (unpaired) electrons. The van der Waals surface area contributed by atoms with Gasteiger partial charge in [-0.2, -0.15) is 0 Å². The molecule has 2 N–H and O–H groups in total. The number of halogens is 2. The van der Waals surface area contributed by atoms with E-state index in [4.69, 9.17) is 23.2 Å². The van der Waals surface area contributed by atoms with Crippen molar-refractivity contribution in [2.45, 2.75) is 19.3 Å². The normalized spacial score (nSPS) is 13.1. The molecule has 1 fully saturated rings. The topological polar surface area (TPSA) is 61.4 Å². The maximum absolute atomic E-state index is 13.1. The molecule has 3 aromatic carbocycles. The first kappa shape index (κ1) is 23.1. The minimum Gasteiger partial charge on any atom is -0.371 e. The fourth-order valence-electron chi connectivity index (χ4n) is 3.96. The van der Waals surface area contributed by atoms with E-state index < -0.39 is 0 Å². The predicted octanol–water partition coefficient (Wildman–Crippen LogP) is 5.82. The van der Waals surface area contributed by atoms with Crippen molar-refractivity contribution in [2.75, 3.05) is 29.9 Å². The Hall–Kier alpha value is -3.02. The van der Waals surface area contributed by atoms with E-state index in [0.29, 0.717) is 28.4 Å². The van der Waals surface area contributed by atoms with Gasteiger partial charge in [0.15, 0.2) is 0 Å². The van der Waals surface area contributed by atoms with Gasteiger partial charge in [0.05, 0.1) is 16.1 Å². The van der Waals surface area contributed by atoms with Gasteiger partial charge in [-0.15, -0.1) is 0 Å². The number of benzene rings is 3. The van der Waals surface area contributed by atoms with Crippen molar-refractivity contribution in [1.29, 1.82) is 0 Å². The summed E-state index contributed by atoms with van der Waals surface area (Å²) in [6.45, 7) is 2.35. The van der Waals surface area contributed by atoms with E-state index in [2.05, 4.69) is 15.5 Å². The fourth-order valence-corrected chi connectivity index (χ4v) is 4.46. The van der Waals surface area contributed by atoms with Crippen molar-refractivity contribution in [2.24, 2.45) is 0 Å². The van der Waals surface area contributed by atoms with Gasteiger partial charge in [0.25, 0.3) is 11.8 Å². The van der Waals surface area contributed by atoms with Crippen molar-refractivity contribution < 1.29 is 9.59 Å². The lowest BCUT2D eigenvalue weighted by molar-refractivity contribution is 0.0953. The molecular weight excluding hydrogens is 457 g/mol. The summed E-state index contributed by atoms with van der Waals surface area (Å²) < 4.78 is 0. The monoisotopic (exact) mass is 481 g/mol. The highest BCUT2D eigenvalue weighted by atomic mass is 35.5. The molecule has 2 amide bonds. The number of carbonyl (C=O) groups excluding carboxylic acids is 2. The summed E-state index contributed by atoms with van der Waals surface area (Å²) in [7, 11) is 0. The number of amides is 2. The van der Waals surface area contributed by atoms with Crippen molar-refractivity contribution in [3.8, 4) is 0 Å². The van der Waals surface area contributed by atoms with Gasteiger partial charge < -0.3 is 15.5 Å². The first-order valence-corrected chi connectivity index (χ1v) is 11.7. The summed E-state index contributed by atoms with van der Waals surface area (Å²) in [6.07, 6.45) is 2.95. The molecule has 7 heteroatoms. The summed E-state index contributed by atoms with van der Waals surface area (Å²) in [5.74, 6) is -0.519. The molecule has 0 aromatic heterocycles. The van der Waals surface area contributed by atoms with Gasteiger partial charge in [-0.25, -0.2) is 0 Å². The van der Waals surface area contributed by atoms with E-state index in [9.17, 15) is 9.59 Å². The standard InChI is InChI=1S/C26H25Cl2N3O2/c27-19-8-10-21(23(28)16-19)26(33)30-20-9-11-24(31-14-4-5-15-31)22(17-20)25(32)29-13-12-18-6-2-1-3-7-18/h1-3,6-11,16-17H,4-5,12-15H2,(H,29,32)(H,30,33). The first-order valence-electron chi connectivity index (χ1n) is 11.0. The Morgan fingerprint density at radius 2 is 1.61 bits per heavy atom. The van der Waals surface area contributed by atoms with Crippen LogP contribution in [0, 0.1) is 0 Å². The Balaban J connectivity index is 1.52. The summed E-state index contributed by atoms with van der Waals surface area (Å²) in [4.78, 5) is 28.1. The van der Waals surface area contributed by atoms with Crippen LogP contribution in [0.2, 0.25) is 10.0 Å². The van der Waals surface area contributed by atoms with Crippen LogP contribution in [0.3, 0.4) is 0 Å². The summed E-state index contributed by atoms with van der Waals surface area (Å²) in [5, 5.41) is 6.60. The van der Waals surface area contributed by atoms with Crippen LogP contribution in [0.1, 0.15) is 39.1 Å². The van der Waals surface area contributed by atoms with E-state index in [1.54, 1.807) is 18.2 Å². The van der Waals surface area contributed by atoms with Crippen LogP contribution in [-0.2, 0) is 6.42 Å². The number of anilines is 2. The SMILES string of the molecule is O=C(Nc1ccc(N2CCCC2)c(C(=O)NCCc2ccccc2)c1)c1ccc(Cl)cc1Cl. The highest BCUT2D eigenvalue weighted by Gasteiger charge is 2.21. The Morgan fingerprint density at radius 1 is 0.848 bits per heavy atom. The average Bonchev–Trinajstić information content (AvgIpc) is 3.34. The predicted molar refractivity (Wildman–Crippen MR) is 135 cm³/mol. The molecule has 3 aromatic rings. The summed E-state index contributed by atoms with van der Waals surface area (Å²) >= 11 is 12.1. The van der Waals surface area contributed by atoms with Gasteiger partial charge >= 0.3 is 0 Å². The van der Waals surface area contributed by atoms with Gasteiger partial charge in [0.1, 0.15) is 0 Å². The highest BCUT2D eigenvalue weighted by molar-refractivity contribution is 6.37. The summed E-state index contributed by atoms with van der Waals surface area (Å²) in [6, 6.07) is 20.2. The van der Waals surface area contributed by atoms with Crippen LogP contribution in [-0.4, -0.2) is 31.4 Å². The first-order chi connectivity index (χ1) is 16.0. The lowest BCUT2D eigenvalue weighted by Gasteiger charge is -2.22. The quantitative estimate of drug-likeness (QED) is 0.446. The summed E-state index contributed by atoms with van der Waals surface area (Å²) in [5.41, 5.74) is 3.44. The molecule has 5 nitrogen and oxygen atoms in total. The van der Waals surface area contributed by atoms with Crippen molar-refractivity contribution >= 4 is 46.4 Å². The second kappa shape index (κ2) is 10.7. The molecule has 0 atom stereocenters. The average molecular weight is 482 g/mol. The molecule has 0 spiro atoms. The molecule has 0 saturated carbocycles. The molecular formula is C26H25Cl2N3O2. The largest absolute Gasteiger partial charge is 0.371 e. The zero-order valence-electron chi connectivity index (χ0n) is 18.1. The maximum atomic E-state index is 13.1. The number of nitrogens with zero attached hydrogens (tertiary/aromatic N) is 1. The molecule has 0 bridgehead atoms. The number of hydrogen-bond donors (Lipinski definition) is 2. The fraction of sp³-hybridized carbons (Fsp3) is 0.231. The lowest BCUT2D eigenvalue weighted by atomic mass is 10.1. The minimum absolute atomic E-state index is 0.159. The molecule has 33 heavy (non-hydrogen) atoms. The molecule has 1 aliphatic heterocycles. The second-order valence-electron chi connectivity index (χ2n) is 8.00. The Morgan fingerprint density at radius 3 is 2.33 bits per heavy atom. The van der Waals surface area contributed by atoms with Gasteiger partial charge in [-0.3, -0.25) is 9.59 Å². The van der Waals surface area contributed by atoms with E-state index in [-0.39, 0.29) is 16.8 Å². The highest BCUT2D eigenvalue weighted by Crippen LogP contribution is 2.28. The van der Waals surface area contributed by atoms with Crippen LogP contribution >= 0.6 is 23.2 Å². The molecule has 4 rings (SSSR count). The third-order valence-electron chi connectivity index (χ3n) is 5.66. The van der Waals surface area contributed by atoms with Crippen LogP contribution < -0.4 is 15.5 Å². The smallest absolute Gasteiger partial charge is 0.257 e. The van der Waals surface area contributed by atoms with Crippen LogP contribution in [0.5, 0.6) is 0 Å². The van der Waals surface area contributed by atoms with Crippen molar-refractivity contribution in [3.63, 3.8) is 0 Å². The van der Waals surface area contributed by atoms with Gasteiger partial charge in [-0.1, -0.05) is 53.5 Å². The number of nitrogens with one attached hydrogen (secondary N) is 2. The van der Waals surface area contributed by atoms with E-state index in [0.717, 1.165) is 38.0 Å². The minimum atomic E-state index is -0.360. The van der Waals surface area contributed by atoms with Crippen molar-refractivity contribution in [3.05, 3.63) is 93.5 Å². The Bertz CT molecular complexity index is 1150. The van der Waals surface area contributed by atoms with Crippen LogP contribution in [0.15, 0.2) is 66.7 Å². The van der Waals surface area contributed by atoms with E-state index >= 15 is 0 Å². The van der Waals surface area contributed by atoms with Gasteiger partial charge in [0.2, 0.25) is 0 Å². The van der Waals surface area contributed by atoms with Crippen LogP contribution in [0.4, 0.5) is 11.4 Å². The zero-order valence-corrected chi connectivity index (χ0v) is 19.6. The molecule has 0 unspecified atom stereocenters. The van der Waals surface area contributed by atoms with Gasteiger partial charge in [-0.05, 0) is 61.2 Å². The number of hydrogen-bond acceptors (Lipinski definition) is 3. The molecule has 1 aliphatic rings. The molecule has 1 saturated heterocycles. The molecule has 170 valence electrons. The molecule has 0 aliphatic carbocycles. The van der Waals surface area contributed by atoms with Crippen molar-refractivity contribution in [1.82, 2.24) is 5.32 Å². The van der Waals surface area contributed by atoms with E-state index in [1.807, 2.05) is 42.5 Å². The van der Waals surface area contributed by atoms with Gasteiger partial charge in [0, 0.05) is 36.0 Å². The Labute approximate surface area is 203 Å². The van der Waals surface area contributed by atoms with E-state index in [1.165, 1.54) is 11.6 Å². The zero-order chi connectivity index (χ0) is 23.2. The molecule has 1 heterocycles. The maximum Gasteiger partial charge on any atom is 0.257 e.